The van der Waals surface area contributed by atoms with E-state index in [4.69, 9.17) is 5.10 Å². The molecule has 0 spiro atoms. The van der Waals surface area contributed by atoms with Gasteiger partial charge >= 0.3 is 0 Å². The quantitative estimate of drug-likeness (QED) is 0.244. The van der Waals surface area contributed by atoms with Gasteiger partial charge in [-0.1, -0.05) is 26.0 Å². The lowest BCUT2D eigenvalue weighted by molar-refractivity contribution is -0.134. The fourth-order valence-electron chi connectivity index (χ4n) is 8.64. The number of fused-ring (bicyclic) bond motifs is 2. The van der Waals surface area contributed by atoms with Crippen molar-refractivity contribution in [2.45, 2.75) is 77.7 Å². The Morgan fingerprint density at radius 3 is 2.60 bits per heavy atom. The Balaban J connectivity index is 0.839. The maximum absolute atomic E-state index is 13.8. The molecular weight excluding hydrogens is 628 g/mol. The minimum Gasteiger partial charge on any atom is -0.357 e. The average molecular weight is 677 g/mol. The molecule has 3 aromatic heterocycles. The van der Waals surface area contributed by atoms with E-state index >= 15 is 0 Å². The number of hydrogen-bond acceptors (Lipinski definition) is 7. The molecule has 3 fully saturated rings. The number of anilines is 1. The number of benzene rings is 1. The van der Waals surface area contributed by atoms with E-state index in [1.54, 1.807) is 6.20 Å². The highest BCUT2D eigenvalue weighted by Crippen LogP contribution is 2.38. The number of H-pyrrole nitrogens is 2. The lowest BCUT2D eigenvalue weighted by Crippen LogP contribution is -2.55. The highest BCUT2D eigenvalue weighted by atomic mass is 16.2. The fraction of sp³-hybridized carbons (Fsp3) is 0.513. The molecule has 1 aliphatic carbocycles. The van der Waals surface area contributed by atoms with Gasteiger partial charge in [0, 0.05) is 85.7 Å². The summed E-state index contributed by atoms with van der Waals surface area (Å²) in [6.07, 6.45) is 8.09. The van der Waals surface area contributed by atoms with Crippen molar-refractivity contribution in [1.82, 2.24) is 35.3 Å². The molecule has 0 saturated carbocycles. The summed E-state index contributed by atoms with van der Waals surface area (Å²) in [6, 6.07) is 12.3. The normalized spacial score (nSPS) is 23.3. The summed E-state index contributed by atoms with van der Waals surface area (Å²) in [5, 5.41) is 11.5. The first-order valence-corrected chi connectivity index (χ1v) is 18.4. The molecule has 50 heavy (non-hydrogen) atoms. The Kier molecular flexibility index (Phi) is 8.49. The summed E-state index contributed by atoms with van der Waals surface area (Å²) in [5.74, 6) is 0.921. The molecule has 0 radical (unpaired) electrons. The van der Waals surface area contributed by atoms with E-state index in [9.17, 15) is 14.4 Å². The Hall–Kier alpha value is -4.51. The first-order chi connectivity index (χ1) is 24.1. The number of aromatic nitrogens is 4. The maximum atomic E-state index is 13.8. The topological polar surface area (TPSA) is 130 Å². The van der Waals surface area contributed by atoms with Crippen LogP contribution in [0.25, 0.3) is 22.3 Å². The fourth-order valence-corrected chi connectivity index (χ4v) is 8.64. The molecular formula is C39H48N8O3. The number of piperidine rings is 2. The second kappa shape index (κ2) is 13.0. The molecule has 3 saturated heterocycles. The van der Waals surface area contributed by atoms with Crippen LogP contribution < -0.4 is 10.2 Å². The number of nitrogens with one attached hydrogen (secondary N) is 3. The third-order valence-corrected chi connectivity index (χ3v) is 11.6. The van der Waals surface area contributed by atoms with Crippen LogP contribution >= 0.6 is 0 Å². The molecule has 8 rings (SSSR count). The predicted molar refractivity (Wildman–Crippen MR) is 193 cm³/mol. The lowest BCUT2D eigenvalue weighted by Gasteiger charge is -2.42. The monoisotopic (exact) mass is 676 g/mol. The number of carbonyl (C=O) groups is 3. The SMILES string of the molecule is C[C@H]1CN(CC2CCN(c3ccc(C4CCC(=O)NC4=O)cn3)CC2)CCN1C(=O)c1ccc2cc(-c3n[nH]c4c3CCC(C)(C)C4)[nH]c2c1. The van der Waals surface area contributed by atoms with Gasteiger partial charge < -0.3 is 14.8 Å². The molecule has 11 nitrogen and oxygen atoms in total. The smallest absolute Gasteiger partial charge is 0.254 e. The molecule has 3 aliphatic heterocycles. The van der Waals surface area contributed by atoms with Crippen molar-refractivity contribution >= 4 is 34.4 Å². The third kappa shape index (κ3) is 6.43. The van der Waals surface area contributed by atoms with Gasteiger partial charge in [0.05, 0.1) is 11.6 Å². The minimum absolute atomic E-state index is 0.0963. The Morgan fingerprint density at radius 2 is 1.84 bits per heavy atom. The number of amides is 3. The Bertz CT molecular complexity index is 1920. The molecule has 11 heteroatoms. The van der Waals surface area contributed by atoms with Crippen LogP contribution in [0.5, 0.6) is 0 Å². The summed E-state index contributed by atoms with van der Waals surface area (Å²) < 4.78 is 0. The number of imide groups is 1. The largest absolute Gasteiger partial charge is 0.357 e. The summed E-state index contributed by atoms with van der Waals surface area (Å²) in [4.78, 5) is 52.7. The number of hydrogen-bond donors (Lipinski definition) is 3. The Labute approximate surface area is 293 Å². The average Bonchev–Trinajstić information content (AvgIpc) is 3.71. The summed E-state index contributed by atoms with van der Waals surface area (Å²) in [7, 11) is 0. The number of pyridine rings is 1. The number of carbonyl (C=O) groups excluding carboxylic acids is 3. The molecule has 1 aromatic carbocycles. The van der Waals surface area contributed by atoms with E-state index in [0.29, 0.717) is 24.2 Å². The van der Waals surface area contributed by atoms with Gasteiger partial charge in [-0.2, -0.15) is 5.10 Å². The van der Waals surface area contributed by atoms with Gasteiger partial charge in [0.15, 0.2) is 0 Å². The maximum Gasteiger partial charge on any atom is 0.254 e. The first kappa shape index (κ1) is 32.7. The zero-order chi connectivity index (χ0) is 34.6. The van der Waals surface area contributed by atoms with Gasteiger partial charge in [-0.3, -0.25) is 29.7 Å². The summed E-state index contributed by atoms with van der Waals surface area (Å²) in [5.41, 5.74) is 7.44. The van der Waals surface area contributed by atoms with Crippen molar-refractivity contribution in [2.75, 3.05) is 44.2 Å². The van der Waals surface area contributed by atoms with Crippen molar-refractivity contribution in [1.29, 1.82) is 0 Å². The van der Waals surface area contributed by atoms with Crippen LogP contribution in [-0.4, -0.2) is 93.0 Å². The van der Waals surface area contributed by atoms with E-state index in [1.165, 1.54) is 11.3 Å². The highest BCUT2D eigenvalue weighted by molar-refractivity contribution is 6.01. The molecule has 1 unspecified atom stereocenters. The number of nitrogens with zero attached hydrogens (tertiary/aromatic N) is 5. The molecule has 3 amide bonds. The van der Waals surface area contributed by atoms with Gasteiger partial charge in [0.1, 0.15) is 11.5 Å². The predicted octanol–water partition coefficient (Wildman–Crippen LogP) is 5.05. The lowest BCUT2D eigenvalue weighted by atomic mass is 9.76. The van der Waals surface area contributed by atoms with Gasteiger partial charge in [-0.15, -0.1) is 0 Å². The second-order valence-corrected chi connectivity index (χ2v) is 15.8. The molecule has 4 aliphatic rings. The summed E-state index contributed by atoms with van der Waals surface area (Å²) in [6.45, 7) is 12.3. The van der Waals surface area contributed by atoms with Crippen molar-refractivity contribution in [3.05, 3.63) is 65.0 Å². The Morgan fingerprint density at radius 1 is 1.00 bits per heavy atom. The molecule has 0 bridgehead atoms. The standard InChI is InChI=1S/C39H48N8O3/c1-24-22-45(23-25-11-14-46(15-12-25)34-8-6-28(21-40-34)29-7-9-35(48)42-37(29)49)16-17-47(24)38(50)27-5-4-26-18-32(41-31(26)19-27)36-30-10-13-39(2,3)20-33(30)43-44-36/h4-6,8,18-19,21,24-25,29,41H,7,9-17,20,22-23H2,1-3H3,(H,43,44)(H,42,48,49)/t24-,29?/m0/s1. The minimum atomic E-state index is -0.305. The van der Waals surface area contributed by atoms with Crippen molar-refractivity contribution < 1.29 is 14.4 Å². The van der Waals surface area contributed by atoms with Crippen LogP contribution in [0.1, 0.15) is 86.0 Å². The highest BCUT2D eigenvalue weighted by Gasteiger charge is 2.33. The van der Waals surface area contributed by atoms with Gasteiger partial charge in [-0.25, -0.2) is 4.98 Å². The van der Waals surface area contributed by atoms with Gasteiger partial charge in [-0.05, 0) is 86.6 Å². The zero-order valence-corrected chi connectivity index (χ0v) is 29.4. The van der Waals surface area contributed by atoms with Crippen LogP contribution in [0.4, 0.5) is 5.82 Å². The second-order valence-electron chi connectivity index (χ2n) is 15.8. The van der Waals surface area contributed by atoms with Crippen molar-refractivity contribution in [2.24, 2.45) is 11.3 Å². The molecule has 2 atom stereocenters. The van der Waals surface area contributed by atoms with Crippen LogP contribution in [0.15, 0.2) is 42.6 Å². The molecule has 6 heterocycles. The molecule has 4 aromatic rings. The first-order valence-electron chi connectivity index (χ1n) is 18.4. The van der Waals surface area contributed by atoms with Gasteiger partial charge in [0.25, 0.3) is 5.91 Å². The van der Waals surface area contributed by atoms with E-state index in [0.717, 1.165) is 111 Å². The van der Waals surface area contributed by atoms with Crippen LogP contribution in [-0.2, 0) is 22.4 Å². The molecule has 262 valence electrons. The van der Waals surface area contributed by atoms with Crippen LogP contribution in [0.2, 0.25) is 0 Å². The number of aromatic amines is 2. The van der Waals surface area contributed by atoms with Gasteiger partial charge in [0.2, 0.25) is 11.8 Å². The van der Waals surface area contributed by atoms with E-state index in [1.807, 2.05) is 29.2 Å². The van der Waals surface area contributed by atoms with Crippen LogP contribution in [0.3, 0.4) is 0 Å². The van der Waals surface area contributed by atoms with E-state index in [2.05, 4.69) is 63.1 Å². The summed E-state index contributed by atoms with van der Waals surface area (Å²) >= 11 is 0. The third-order valence-electron chi connectivity index (χ3n) is 11.6. The molecule has 3 N–H and O–H groups in total. The van der Waals surface area contributed by atoms with Crippen LogP contribution in [0, 0.1) is 11.3 Å². The van der Waals surface area contributed by atoms with E-state index < -0.39 is 0 Å². The van der Waals surface area contributed by atoms with Crippen molar-refractivity contribution in [3.8, 4) is 11.4 Å². The number of piperazine rings is 1. The zero-order valence-electron chi connectivity index (χ0n) is 29.4. The van der Waals surface area contributed by atoms with Crippen molar-refractivity contribution in [3.63, 3.8) is 0 Å². The van der Waals surface area contributed by atoms with E-state index in [-0.39, 0.29) is 29.7 Å². The number of rotatable bonds is 6.